The topological polar surface area (TPSA) is 0 Å². The van der Waals surface area contributed by atoms with E-state index < -0.39 is 0 Å². The molecule has 0 spiro atoms. The highest BCUT2D eigenvalue weighted by Crippen LogP contribution is 2.23. The van der Waals surface area contributed by atoms with Crippen molar-refractivity contribution in [2.24, 2.45) is 0 Å². The number of hydrogen-bond donors (Lipinski definition) is 0. The van der Waals surface area contributed by atoms with Gasteiger partial charge in [-0.25, -0.2) is 0 Å². The molecule has 0 N–H and O–H groups in total. The van der Waals surface area contributed by atoms with Gasteiger partial charge in [-0.05, 0) is 39.2 Å². The Hall–Kier alpha value is -2.26. The van der Waals surface area contributed by atoms with E-state index in [-0.39, 0.29) is 0 Å². The average Bonchev–Trinajstić information content (AvgIpc) is 2.36. The fraction of sp³-hybridized carbons (Fsp3) is 0.0588. The summed E-state index contributed by atoms with van der Waals surface area (Å²) in [7, 11) is 0. The molecule has 0 amide bonds. The zero-order valence-electron chi connectivity index (χ0n) is 9.48. The Balaban J connectivity index is 2.29. The smallest absolute Gasteiger partial charge is 0.0337 e. The summed E-state index contributed by atoms with van der Waals surface area (Å²) < 4.78 is 0. The summed E-state index contributed by atoms with van der Waals surface area (Å²) in [4.78, 5) is 0. The number of rotatable bonds is 1. The minimum atomic E-state index is 0.697. The average molecular weight is 216 g/mol. The van der Waals surface area contributed by atoms with Gasteiger partial charge in [0.1, 0.15) is 0 Å². The first-order valence-corrected chi connectivity index (χ1v) is 5.72. The quantitative estimate of drug-likeness (QED) is 0.423. The molecule has 0 unspecified atom stereocenters. The third-order valence-corrected chi connectivity index (χ3v) is 3.08. The molecular weight excluding hydrogens is 204 g/mol. The van der Waals surface area contributed by atoms with Crippen molar-refractivity contribution >= 4 is 21.5 Å². The van der Waals surface area contributed by atoms with Crippen LogP contribution in [0.5, 0.6) is 0 Å². The summed E-state index contributed by atoms with van der Waals surface area (Å²) in [5.41, 5.74) is 1.20. The minimum absolute atomic E-state index is 0.697. The molecule has 0 nitrogen and oxygen atoms in total. The van der Waals surface area contributed by atoms with Crippen LogP contribution in [0.4, 0.5) is 0 Å². The first kappa shape index (κ1) is 9.93. The number of fused-ring (bicyclic) bond motifs is 2. The first-order chi connectivity index (χ1) is 8.36. The van der Waals surface area contributed by atoms with Crippen LogP contribution in [-0.2, 0) is 6.42 Å². The van der Waals surface area contributed by atoms with E-state index in [1.165, 1.54) is 27.1 Å². The van der Waals surface area contributed by atoms with E-state index in [2.05, 4.69) is 60.5 Å². The molecule has 17 heavy (non-hydrogen) atoms. The van der Waals surface area contributed by atoms with Crippen LogP contribution < -0.4 is 0 Å². The lowest BCUT2D eigenvalue weighted by molar-refractivity contribution is 1.34. The normalized spacial score (nSPS) is 10.5. The Morgan fingerprint density at radius 3 is 2.12 bits per heavy atom. The summed E-state index contributed by atoms with van der Waals surface area (Å²) in [6, 6.07) is 19.3. The van der Waals surface area contributed by atoms with Crippen molar-refractivity contribution in [1.29, 1.82) is 0 Å². The maximum Gasteiger partial charge on any atom is 0.0337 e. The maximum atomic E-state index is 5.35. The molecule has 0 fully saturated rings. The van der Waals surface area contributed by atoms with Crippen LogP contribution >= 0.6 is 0 Å². The van der Waals surface area contributed by atoms with Gasteiger partial charge in [0.05, 0.1) is 0 Å². The fourth-order valence-corrected chi connectivity index (χ4v) is 2.22. The molecule has 0 aromatic heterocycles. The van der Waals surface area contributed by atoms with Crippen LogP contribution in [-0.4, -0.2) is 0 Å². The van der Waals surface area contributed by atoms with E-state index in [0.717, 1.165) is 0 Å². The third kappa shape index (κ3) is 1.77. The molecule has 3 rings (SSSR count). The van der Waals surface area contributed by atoms with Crippen molar-refractivity contribution in [3.05, 3.63) is 60.2 Å². The number of terminal acetylenes is 1. The van der Waals surface area contributed by atoms with Crippen LogP contribution in [0.1, 0.15) is 5.56 Å². The Kier molecular flexibility index (Phi) is 2.31. The van der Waals surface area contributed by atoms with Gasteiger partial charge in [-0.3, -0.25) is 0 Å². The van der Waals surface area contributed by atoms with Gasteiger partial charge in [0.15, 0.2) is 0 Å². The Morgan fingerprint density at radius 1 is 0.765 bits per heavy atom. The molecule has 0 saturated carbocycles. The first-order valence-electron chi connectivity index (χ1n) is 5.72. The predicted molar refractivity (Wildman–Crippen MR) is 74.0 cm³/mol. The van der Waals surface area contributed by atoms with Crippen molar-refractivity contribution in [3.8, 4) is 12.3 Å². The SMILES string of the molecule is C#CCc1ccc2cc3ccccc3cc2c1. The molecule has 80 valence electrons. The third-order valence-electron chi connectivity index (χ3n) is 3.08. The highest BCUT2D eigenvalue weighted by atomic mass is 14.0. The standard InChI is InChI=1S/C17H12/c1-2-5-13-8-9-16-11-14-6-3-4-7-15(14)12-17(16)10-13/h1,3-4,6-12H,5H2. The van der Waals surface area contributed by atoms with E-state index in [1.807, 2.05) is 0 Å². The molecule has 0 aliphatic heterocycles. The highest BCUT2D eigenvalue weighted by Gasteiger charge is 1.98. The molecule has 0 heterocycles. The van der Waals surface area contributed by atoms with Crippen LogP contribution in [0, 0.1) is 12.3 Å². The predicted octanol–water partition coefficient (Wildman–Crippen LogP) is 4.17. The molecule has 0 aliphatic carbocycles. The van der Waals surface area contributed by atoms with E-state index in [1.54, 1.807) is 0 Å². The molecule has 3 aromatic carbocycles. The fourth-order valence-electron chi connectivity index (χ4n) is 2.22. The van der Waals surface area contributed by atoms with Gasteiger partial charge in [0.2, 0.25) is 0 Å². The Bertz CT molecular complexity index is 730. The van der Waals surface area contributed by atoms with E-state index in [4.69, 9.17) is 6.42 Å². The maximum absolute atomic E-state index is 5.35. The zero-order chi connectivity index (χ0) is 11.7. The van der Waals surface area contributed by atoms with Gasteiger partial charge in [-0.2, -0.15) is 0 Å². The summed E-state index contributed by atoms with van der Waals surface area (Å²) in [6.45, 7) is 0. The van der Waals surface area contributed by atoms with Crippen LogP contribution in [0.2, 0.25) is 0 Å². The van der Waals surface area contributed by atoms with E-state index in [9.17, 15) is 0 Å². The molecule has 0 heteroatoms. The van der Waals surface area contributed by atoms with Crippen LogP contribution in [0.15, 0.2) is 54.6 Å². The van der Waals surface area contributed by atoms with Crippen molar-refractivity contribution in [1.82, 2.24) is 0 Å². The van der Waals surface area contributed by atoms with Crippen molar-refractivity contribution in [3.63, 3.8) is 0 Å². The van der Waals surface area contributed by atoms with Gasteiger partial charge in [-0.15, -0.1) is 12.3 Å². The van der Waals surface area contributed by atoms with Gasteiger partial charge in [-0.1, -0.05) is 42.5 Å². The zero-order valence-corrected chi connectivity index (χ0v) is 9.48. The molecule has 0 radical (unpaired) electrons. The summed E-state index contributed by atoms with van der Waals surface area (Å²) >= 11 is 0. The van der Waals surface area contributed by atoms with Gasteiger partial charge < -0.3 is 0 Å². The Labute approximate surface area is 101 Å². The summed E-state index contributed by atoms with van der Waals surface area (Å²) in [6.07, 6.45) is 6.04. The molecule has 0 saturated heterocycles. The molecule has 3 aromatic rings. The highest BCUT2D eigenvalue weighted by molar-refractivity contribution is 5.98. The van der Waals surface area contributed by atoms with Crippen molar-refractivity contribution < 1.29 is 0 Å². The Morgan fingerprint density at radius 2 is 1.41 bits per heavy atom. The molecule has 0 atom stereocenters. The second-order valence-corrected chi connectivity index (χ2v) is 4.26. The second kappa shape index (κ2) is 3.96. The number of benzene rings is 3. The molecule has 0 bridgehead atoms. The minimum Gasteiger partial charge on any atom is -0.120 e. The summed E-state index contributed by atoms with van der Waals surface area (Å²) in [5.74, 6) is 2.69. The summed E-state index contributed by atoms with van der Waals surface area (Å²) in [5, 5.41) is 5.09. The van der Waals surface area contributed by atoms with Crippen molar-refractivity contribution in [2.45, 2.75) is 6.42 Å². The van der Waals surface area contributed by atoms with Crippen LogP contribution in [0.25, 0.3) is 21.5 Å². The molecular formula is C17H12. The molecule has 0 aliphatic rings. The lowest BCUT2D eigenvalue weighted by Gasteiger charge is -2.04. The van der Waals surface area contributed by atoms with Gasteiger partial charge >= 0.3 is 0 Å². The largest absolute Gasteiger partial charge is 0.120 e. The van der Waals surface area contributed by atoms with E-state index >= 15 is 0 Å². The van der Waals surface area contributed by atoms with Crippen LogP contribution in [0.3, 0.4) is 0 Å². The van der Waals surface area contributed by atoms with E-state index in [0.29, 0.717) is 6.42 Å². The van der Waals surface area contributed by atoms with Gasteiger partial charge in [0.25, 0.3) is 0 Å². The lowest BCUT2D eigenvalue weighted by atomic mass is 10.0. The monoisotopic (exact) mass is 216 g/mol. The lowest BCUT2D eigenvalue weighted by Crippen LogP contribution is -1.82. The second-order valence-electron chi connectivity index (χ2n) is 4.26. The van der Waals surface area contributed by atoms with Gasteiger partial charge in [0, 0.05) is 6.42 Å². The van der Waals surface area contributed by atoms with Crippen molar-refractivity contribution in [2.75, 3.05) is 0 Å². The number of hydrogen-bond acceptors (Lipinski definition) is 0.